The van der Waals surface area contributed by atoms with E-state index in [1.807, 2.05) is 0 Å². The van der Waals surface area contributed by atoms with Crippen molar-refractivity contribution in [1.82, 2.24) is 0 Å². The standard InChI is InChI=1S/C6H5Cl3OP/c7-5-1-3-6(4-2-5)11(8,9)10/h1-4,10H/q+1. The van der Waals surface area contributed by atoms with Crippen LogP contribution in [0.15, 0.2) is 24.3 Å². The van der Waals surface area contributed by atoms with Gasteiger partial charge in [0, 0.05) is 5.02 Å². The lowest BCUT2D eigenvalue weighted by atomic mass is 10.4. The molecule has 0 unspecified atom stereocenters. The first-order chi connectivity index (χ1) is 5.00. The zero-order valence-electron chi connectivity index (χ0n) is 5.34. The number of hydrogen-bond acceptors (Lipinski definition) is 1. The monoisotopic (exact) mass is 229 g/mol. The minimum absolute atomic E-state index is 0.519. The van der Waals surface area contributed by atoms with Crippen molar-refractivity contribution < 1.29 is 4.89 Å². The van der Waals surface area contributed by atoms with Gasteiger partial charge < -0.3 is 0 Å². The molecule has 1 N–H and O–H groups in total. The van der Waals surface area contributed by atoms with Crippen LogP contribution >= 0.6 is 40.3 Å². The molecule has 1 rings (SSSR count). The summed E-state index contributed by atoms with van der Waals surface area (Å²) in [7, 11) is 0. The van der Waals surface area contributed by atoms with Crippen LogP contribution in [0.2, 0.25) is 5.02 Å². The van der Waals surface area contributed by atoms with Gasteiger partial charge in [-0.3, -0.25) is 0 Å². The SMILES string of the molecule is O[P+](Cl)(Cl)c1ccc(Cl)cc1. The molecule has 5 heteroatoms. The Hall–Kier alpha value is 0.480. The molecule has 0 amide bonds. The van der Waals surface area contributed by atoms with E-state index in [9.17, 15) is 4.89 Å². The van der Waals surface area contributed by atoms with E-state index in [2.05, 4.69) is 0 Å². The lowest BCUT2D eigenvalue weighted by molar-refractivity contribution is 0.644. The van der Waals surface area contributed by atoms with Crippen LogP contribution in [0.3, 0.4) is 0 Å². The lowest BCUT2D eigenvalue weighted by Crippen LogP contribution is -1.99. The molecule has 0 saturated heterocycles. The highest BCUT2D eigenvalue weighted by atomic mass is 35.9. The van der Waals surface area contributed by atoms with E-state index in [0.29, 0.717) is 10.3 Å². The number of rotatable bonds is 1. The van der Waals surface area contributed by atoms with Crippen LogP contribution < -0.4 is 5.30 Å². The third-order valence-electron chi connectivity index (χ3n) is 1.14. The molecule has 1 aromatic carbocycles. The maximum Gasteiger partial charge on any atom is 0.368 e. The third-order valence-corrected chi connectivity index (χ3v) is 3.48. The van der Waals surface area contributed by atoms with Crippen LogP contribution in [-0.2, 0) is 0 Å². The van der Waals surface area contributed by atoms with Gasteiger partial charge in [0.15, 0.2) is 5.30 Å². The average Bonchev–Trinajstić information content (AvgIpc) is 1.86. The fraction of sp³-hybridized carbons (Fsp3) is 0. The molecule has 0 atom stereocenters. The molecule has 1 nitrogen and oxygen atoms in total. The van der Waals surface area contributed by atoms with E-state index < -0.39 is 6.19 Å². The Balaban J connectivity index is 2.99. The van der Waals surface area contributed by atoms with Gasteiger partial charge in [0.2, 0.25) is 0 Å². The van der Waals surface area contributed by atoms with Crippen LogP contribution in [0.1, 0.15) is 0 Å². The molecule has 1 aromatic rings. The first-order valence-electron chi connectivity index (χ1n) is 2.77. The van der Waals surface area contributed by atoms with Crippen molar-refractivity contribution >= 4 is 45.6 Å². The second kappa shape index (κ2) is 3.47. The third kappa shape index (κ3) is 2.77. The Bertz CT molecular complexity index is 241. The van der Waals surface area contributed by atoms with Gasteiger partial charge in [-0.1, -0.05) is 11.6 Å². The molecule has 0 aliphatic heterocycles. The summed E-state index contributed by atoms with van der Waals surface area (Å²) >= 11 is 16.6. The number of benzene rings is 1. The Morgan fingerprint density at radius 2 is 1.55 bits per heavy atom. The van der Waals surface area contributed by atoms with Gasteiger partial charge in [0.1, 0.15) is 22.5 Å². The summed E-state index contributed by atoms with van der Waals surface area (Å²) in [6, 6.07) is 6.48. The predicted octanol–water partition coefficient (Wildman–Crippen LogP) is 3.20. The van der Waals surface area contributed by atoms with Gasteiger partial charge in [-0.15, -0.1) is 0 Å². The van der Waals surface area contributed by atoms with Gasteiger partial charge in [-0.2, -0.15) is 0 Å². The second-order valence-corrected chi connectivity index (χ2v) is 7.34. The largest absolute Gasteiger partial charge is 0.368 e. The van der Waals surface area contributed by atoms with Crippen molar-refractivity contribution in [2.24, 2.45) is 0 Å². The van der Waals surface area contributed by atoms with Crippen LogP contribution in [0, 0.1) is 0 Å². The first kappa shape index (κ1) is 9.57. The van der Waals surface area contributed by atoms with Gasteiger partial charge in [0.05, 0.1) is 0 Å². The molecule has 0 aliphatic carbocycles. The molecule has 0 aromatic heterocycles. The van der Waals surface area contributed by atoms with Crippen molar-refractivity contribution in [2.45, 2.75) is 0 Å². The van der Waals surface area contributed by atoms with Crippen LogP contribution in [-0.4, -0.2) is 4.89 Å². The van der Waals surface area contributed by atoms with Crippen LogP contribution in [0.25, 0.3) is 0 Å². The molecular formula is C6H5Cl3OP+. The van der Waals surface area contributed by atoms with E-state index in [1.54, 1.807) is 24.3 Å². The summed E-state index contributed by atoms with van der Waals surface area (Å²) in [5.41, 5.74) is 0. The van der Waals surface area contributed by atoms with Crippen molar-refractivity contribution in [1.29, 1.82) is 0 Å². The van der Waals surface area contributed by atoms with Crippen molar-refractivity contribution in [3.63, 3.8) is 0 Å². The molecule has 0 heterocycles. The average molecular weight is 230 g/mol. The first-order valence-corrected chi connectivity index (χ1v) is 6.70. The molecule has 60 valence electrons. The van der Waals surface area contributed by atoms with Gasteiger partial charge in [-0.05, 0) is 24.3 Å². The molecule has 0 bridgehead atoms. The fourth-order valence-corrected chi connectivity index (χ4v) is 1.93. The Labute approximate surface area is 79.9 Å². The van der Waals surface area contributed by atoms with Gasteiger partial charge >= 0.3 is 6.19 Å². The highest BCUT2D eigenvalue weighted by molar-refractivity contribution is 8.18. The smallest absolute Gasteiger partial charge is 0.210 e. The van der Waals surface area contributed by atoms with Crippen molar-refractivity contribution in [2.75, 3.05) is 0 Å². The van der Waals surface area contributed by atoms with Crippen LogP contribution in [0.5, 0.6) is 0 Å². The lowest BCUT2D eigenvalue weighted by Gasteiger charge is -1.99. The minimum atomic E-state index is -2.90. The van der Waals surface area contributed by atoms with Crippen molar-refractivity contribution in [3.8, 4) is 0 Å². The second-order valence-electron chi connectivity index (χ2n) is 1.96. The summed E-state index contributed by atoms with van der Waals surface area (Å²) in [5, 5.41) is 1.11. The number of hydrogen-bond donors (Lipinski definition) is 1. The number of halogens is 3. The Morgan fingerprint density at radius 1 is 1.09 bits per heavy atom. The van der Waals surface area contributed by atoms with E-state index in [4.69, 9.17) is 34.1 Å². The van der Waals surface area contributed by atoms with E-state index in [0.717, 1.165) is 0 Å². The van der Waals surface area contributed by atoms with E-state index in [1.165, 1.54) is 0 Å². The van der Waals surface area contributed by atoms with Gasteiger partial charge in [-0.25, -0.2) is 4.89 Å². The summed E-state index contributed by atoms with van der Waals surface area (Å²) in [6.45, 7) is 0. The molecule has 0 fully saturated rings. The van der Waals surface area contributed by atoms with E-state index in [-0.39, 0.29) is 0 Å². The summed E-state index contributed by atoms with van der Waals surface area (Å²) in [4.78, 5) is 9.18. The predicted molar refractivity (Wildman–Crippen MR) is 51.9 cm³/mol. The van der Waals surface area contributed by atoms with E-state index >= 15 is 0 Å². The topological polar surface area (TPSA) is 20.2 Å². The normalized spacial score (nSPS) is 11.6. The maximum absolute atomic E-state index is 9.18. The van der Waals surface area contributed by atoms with Crippen LogP contribution in [0.4, 0.5) is 0 Å². The fourth-order valence-electron chi connectivity index (χ4n) is 0.620. The minimum Gasteiger partial charge on any atom is -0.210 e. The molecule has 0 saturated carbocycles. The molecule has 0 spiro atoms. The molecule has 11 heavy (non-hydrogen) atoms. The van der Waals surface area contributed by atoms with Gasteiger partial charge in [0.25, 0.3) is 0 Å². The summed E-state index contributed by atoms with van der Waals surface area (Å²) in [5.74, 6) is 0. The molecule has 0 aliphatic rings. The van der Waals surface area contributed by atoms with Crippen molar-refractivity contribution in [3.05, 3.63) is 29.3 Å². The zero-order chi connectivity index (χ0) is 8.48. The highest BCUT2D eigenvalue weighted by Crippen LogP contribution is 2.63. The Morgan fingerprint density at radius 3 is 1.91 bits per heavy atom. The zero-order valence-corrected chi connectivity index (χ0v) is 8.50. The Kier molecular flexibility index (Phi) is 3.02. The summed E-state index contributed by atoms with van der Waals surface area (Å²) < 4.78 is 0. The molecular weight excluding hydrogens is 225 g/mol. The molecule has 0 radical (unpaired) electrons. The summed E-state index contributed by atoms with van der Waals surface area (Å²) in [6.07, 6.45) is -2.90. The maximum atomic E-state index is 9.18. The highest BCUT2D eigenvalue weighted by Gasteiger charge is 2.34. The quantitative estimate of drug-likeness (QED) is 0.735.